The van der Waals surface area contributed by atoms with Gasteiger partial charge in [-0.1, -0.05) is 11.6 Å². The van der Waals surface area contributed by atoms with Gasteiger partial charge in [-0.3, -0.25) is 4.79 Å². The molecule has 84 valence electrons. The Morgan fingerprint density at radius 3 is 2.88 bits per heavy atom. The van der Waals surface area contributed by atoms with Gasteiger partial charge in [-0.25, -0.2) is 9.67 Å². The average molecular weight is 248 g/mol. The molecule has 0 radical (unpaired) electrons. The van der Waals surface area contributed by atoms with Crippen LogP contribution in [0.3, 0.4) is 0 Å². The molecule has 2 heterocycles. The average Bonchev–Trinajstić information content (AvgIpc) is 2.77. The third kappa shape index (κ3) is 2.24. The van der Waals surface area contributed by atoms with Crippen molar-refractivity contribution in [3.63, 3.8) is 0 Å². The van der Waals surface area contributed by atoms with Gasteiger partial charge in [-0.2, -0.15) is 10.4 Å². The van der Waals surface area contributed by atoms with Crippen molar-refractivity contribution in [2.24, 2.45) is 5.73 Å². The molecule has 7 heteroatoms. The molecular weight excluding hydrogens is 242 g/mol. The molecule has 2 N–H and O–H groups in total. The SMILES string of the molecule is N#Cc1cc(Cl)nc(-n2ccc(C(N)=O)n2)c1. The summed E-state index contributed by atoms with van der Waals surface area (Å²) in [6, 6.07) is 6.34. The van der Waals surface area contributed by atoms with E-state index in [1.807, 2.05) is 6.07 Å². The summed E-state index contributed by atoms with van der Waals surface area (Å²) in [5.41, 5.74) is 5.55. The number of aromatic nitrogens is 3. The Morgan fingerprint density at radius 2 is 2.29 bits per heavy atom. The molecule has 0 aliphatic rings. The highest BCUT2D eigenvalue weighted by atomic mass is 35.5. The van der Waals surface area contributed by atoms with Crippen molar-refractivity contribution in [1.82, 2.24) is 14.8 Å². The Hall–Kier alpha value is -2.39. The van der Waals surface area contributed by atoms with Gasteiger partial charge in [0.15, 0.2) is 5.82 Å². The van der Waals surface area contributed by atoms with E-state index >= 15 is 0 Å². The lowest BCUT2D eigenvalue weighted by Crippen LogP contribution is -2.12. The van der Waals surface area contributed by atoms with E-state index in [2.05, 4.69) is 10.1 Å². The molecule has 0 unspecified atom stereocenters. The fourth-order valence-electron chi connectivity index (χ4n) is 1.25. The molecular formula is C10H6ClN5O. The van der Waals surface area contributed by atoms with Gasteiger partial charge in [-0.05, 0) is 12.1 Å². The van der Waals surface area contributed by atoms with Crippen molar-refractivity contribution in [3.05, 3.63) is 40.8 Å². The van der Waals surface area contributed by atoms with Gasteiger partial charge in [0.05, 0.1) is 11.6 Å². The predicted octanol–water partition coefficient (Wildman–Crippen LogP) is 0.891. The topological polar surface area (TPSA) is 97.6 Å². The van der Waals surface area contributed by atoms with Crippen LogP contribution in [0.25, 0.3) is 5.82 Å². The van der Waals surface area contributed by atoms with Gasteiger partial charge in [0.1, 0.15) is 10.8 Å². The van der Waals surface area contributed by atoms with Crippen LogP contribution >= 0.6 is 11.6 Å². The maximum absolute atomic E-state index is 10.9. The fraction of sp³-hybridized carbons (Fsp3) is 0. The van der Waals surface area contributed by atoms with E-state index in [0.29, 0.717) is 11.4 Å². The van der Waals surface area contributed by atoms with Gasteiger partial charge >= 0.3 is 0 Å². The molecule has 0 aromatic carbocycles. The molecule has 0 spiro atoms. The normalized spacial score (nSPS) is 9.88. The molecule has 2 rings (SSSR count). The second kappa shape index (κ2) is 4.23. The Bertz CT molecular complexity index is 628. The van der Waals surface area contributed by atoms with Crippen LogP contribution in [0.15, 0.2) is 24.4 Å². The first-order valence-corrected chi connectivity index (χ1v) is 4.91. The predicted molar refractivity (Wildman–Crippen MR) is 59.6 cm³/mol. The molecule has 0 atom stereocenters. The van der Waals surface area contributed by atoms with Crippen molar-refractivity contribution in [2.45, 2.75) is 0 Å². The summed E-state index contributed by atoms with van der Waals surface area (Å²) in [5, 5.41) is 12.9. The zero-order valence-corrected chi connectivity index (χ0v) is 9.22. The third-order valence-electron chi connectivity index (χ3n) is 1.99. The van der Waals surface area contributed by atoms with Crippen LogP contribution in [0.2, 0.25) is 5.15 Å². The van der Waals surface area contributed by atoms with E-state index in [0.717, 1.165) is 0 Å². The molecule has 0 saturated heterocycles. The Morgan fingerprint density at radius 1 is 1.53 bits per heavy atom. The van der Waals surface area contributed by atoms with Crippen LogP contribution < -0.4 is 5.73 Å². The number of pyridine rings is 1. The summed E-state index contributed by atoms with van der Waals surface area (Å²) in [5.74, 6) is -0.284. The van der Waals surface area contributed by atoms with Crippen LogP contribution in [0.1, 0.15) is 16.1 Å². The van der Waals surface area contributed by atoms with Crippen molar-refractivity contribution in [1.29, 1.82) is 5.26 Å². The minimum Gasteiger partial charge on any atom is -0.364 e. The number of hydrogen-bond donors (Lipinski definition) is 1. The lowest BCUT2D eigenvalue weighted by atomic mass is 10.3. The highest BCUT2D eigenvalue weighted by Crippen LogP contribution is 2.13. The summed E-state index contributed by atoms with van der Waals surface area (Å²) in [6.07, 6.45) is 1.51. The number of nitrogens with two attached hydrogens (primary N) is 1. The van der Waals surface area contributed by atoms with Crippen molar-refractivity contribution in [3.8, 4) is 11.9 Å². The first kappa shape index (κ1) is 11.1. The largest absolute Gasteiger partial charge is 0.364 e. The van der Waals surface area contributed by atoms with Crippen LogP contribution in [0.4, 0.5) is 0 Å². The Kier molecular flexibility index (Phi) is 2.77. The number of carbonyl (C=O) groups excluding carboxylic acids is 1. The van der Waals surface area contributed by atoms with Gasteiger partial charge in [0.25, 0.3) is 5.91 Å². The van der Waals surface area contributed by atoms with Crippen molar-refractivity contribution < 1.29 is 4.79 Å². The lowest BCUT2D eigenvalue weighted by molar-refractivity contribution is 0.0995. The molecule has 0 bridgehead atoms. The van der Waals surface area contributed by atoms with Crippen molar-refractivity contribution >= 4 is 17.5 Å². The summed E-state index contributed by atoms with van der Waals surface area (Å²) < 4.78 is 1.33. The van der Waals surface area contributed by atoms with Crippen LogP contribution in [0.5, 0.6) is 0 Å². The van der Waals surface area contributed by atoms with E-state index in [-0.39, 0.29) is 10.8 Å². The van der Waals surface area contributed by atoms with Gasteiger partial charge in [0, 0.05) is 12.3 Å². The van der Waals surface area contributed by atoms with E-state index in [1.165, 1.54) is 29.1 Å². The number of hydrogen-bond acceptors (Lipinski definition) is 4. The van der Waals surface area contributed by atoms with Crippen LogP contribution in [-0.4, -0.2) is 20.7 Å². The third-order valence-corrected chi connectivity index (χ3v) is 2.18. The maximum Gasteiger partial charge on any atom is 0.269 e. The van der Waals surface area contributed by atoms with Gasteiger partial charge in [0.2, 0.25) is 0 Å². The van der Waals surface area contributed by atoms with E-state index in [9.17, 15) is 4.79 Å². The molecule has 0 aliphatic heterocycles. The zero-order valence-electron chi connectivity index (χ0n) is 8.46. The van der Waals surface area contributed by atoms with E-state index < -0.39 is 5.91 Å². The lowest BCUT2D eigenvalue weighted by Gasteiger charge is -2.01. The summed E-state index contributed by atoms with van der Waals surface area (Å²) >= 11 is 5.75. The monoisotopic (exact) mass is 247 g/mol. The molecule has 0 fully saturated rings. The quantitative estimate of drug-likeness (QED) is 0.797. The van der Waals surface area contributed by atoms with E-state index in [4.69, 9.17) is 22.6 Å². The van der Waals surface area contributed by atoms with Crippen LogP contribution in [0, 0.1) is 11.3 Å². The molecule has 1 amide bonds. The molecule has 6 nitrogen and oxygen atoms in total. The first-order chi connectivity index (χ1) is 8.10. The van der Waals surface area contributed by atoms with E-state index in [1.54, 1.807) is 0 Å². The number of nitriles is 1. The molecule has 17 heavy (non-hydrogen) atoms. The Balaban J connectivity index is 2.49. The smallest absolute Gasteiger partial charge is 0.269 e. The molecule has 2 aromatic rings. The number of halogens is 1. The molecule has 0 aliphatic carbocycles. The summed E-state index contributed by atoms with van der Waals surface area (Å²) in [4.78, 5) is 14.9. The van der Waals surface area contributed by atoms with Crippen molar-refractivity contribution in [2.75, 3.05) is 0 Å². The summed E-state index contributed by atoms with van der Waals surface area (Å²) in [7, 11) is 0. The number of amides is 1. The number of primary amides is 1. The zero-order chi connectivity index (χ0) is 12.4. The number of carbonyl (C=O) groups is 1. The molecule has 0 saturated carbocycles. The fourth-order valence-corrected chi connectivity index (χ4v) is 1.45. The number of nitrogens with zero attached hydrogens (tertiary/aromatic N) is 4. The van der Waals surface area contributed by atoms with Gasteiger partial charge in [-0.15, -0.1) is 0 Å². The second-order valence-corrected chi connectivity index (χ2v) is 3.55. The second-order valence-electron chi connectivity index (χ2n) is 3.16. The molecule has 2 aromatic heterocycles. The minimum absolute atomic E-state index is 0.116. The standard InChI is InChI=1S/C10H6ClN5O/c11-8-3-6(5-12)4-9(14-8)16-2-1-7(15-16)10(13)17/h1-4H,(H2,13,17). The van der Waals surface area contributed by atoms with Gasteiger partial charge < -0.3 is 5.73 Å². The van der Waals surface area contributed by atoms with Crippen LogP contribution in [-0.2, 0) is 0 Å². The highest BCUT2D eigenvalue weighted by molar-refractivity contribution is 6.29. The minimum atomic E-state index is -0.633. The maximum atomic E-state index is 10.9. The highest BCUT2D eigenvalue weighted by Gasteiger charge is 2.08. The summed E-state index contributed by atoms with van der Waals surface area (Å²) in [6.45, 7) is 0. The number of rotatable bonds is 2. The first-order valence-electron chi connectivity index (χ1n) is 4.53. The Labute approximate surface area is 101 Å².